The van der Waals surface area contributed by atoms with E-state index >= 15 is 0 Å². The van der Waals surface area contributed by atoms with Crippen LogP contribution in [0.5, 0.6) is 17.2 Å². The minimum atomic E-state index is -0.520. The third-order valence-corrected chi connectivity index (χ3v) is 11.2. The van der Waals surface area contributed by atoms with Crippen LogP contribution in [0.25, 0.3) is 0 Å². The van der Waals surface area contributed by atoms with Gasteiger partial charge in [-0.25, -0.2) is 22.8 Å². The second-order valence-corrected chi connectivity index (χ2v) is 19.3. The zero-order chi connectivity index (χ0) is 46.9. The van der Waals surface area contributed by atoms with Crippen molar-refractivity contribution in [1.82, 2.24) is 10.6 Å². The zero-order valence-corrected chi connectivity index (χ0v) is 42.0. The molecule has 6 rings (SSSR count). The van der Waals surface area contributed by atoms with Gasteiger partial charge in [-0.15, -0.1) is 12.4 Å². The van der Waals surface area contributed by atoms with Crippen molar-refractivity contribution in [1.29, 1.82) is 0 Å². The van der Waals surface area contributed by atoms with Crippen LogP contribution in [-0.4, -0.2) is 65.8 Å². The number of amides is 2. The third-order valence-electron chi connectivity index (χ3n) is 10.1. The molecule has 0 aromatic heterocycles. The van der Waals surface area contributed by atoms with Crippen LogP contribution >= 0.6 is 35.0 Å². The topological polar surface area (TPSA) is 141 Å². The number of benzene rings is 3. The fourth-order valence-corrected chi connectivity index (χ4v) is 6.78. The lowest BCUT2D eigenvalue weighted by Crippen LogP contribution is -2.33. The molecule has 6 atom stereocenters. The highest BCUT2D eigenvalue weighted by atomic mass is 127. The van der Waals surface area contributed by atoms with Crippen molar-refractivity contribution in [3.8, 4) is 17.2 Å². The normalized spacial score (nSPS) is 20.2. The average molecular weight is 1030 g/mol. The summed E-state index contributed by atoms with van der Waals surface area (Å²) in [5, 5.41) is 15.2. The van der Waals surface area contributed by atoms with Gasteiger partial charge in [-0.2, -0.15) is 0 Å². The molecule has 6 unspecified atom stereocenters. The van der Waals surface area contributed by atoms with Gasteiger partial charge >= 0.3 is 12.2 Å². The van der Waals surface area contributed by atoms with Crippen molar-refractivity contribution in [3.63, 3.8) is 0 Å². The maximum atomic E-state index is 13.5. The van der Waals surface area contributed by atoms with Gasteiger partial charge in [0.05, 0.1) is 13.2 Å². The van der Waals surface area contributed by atoms with Gasteiger partial charge in [0, 0.05) is 29.8 Å². The number of ether oxygens (including phenoxy) is 4. The lowest BCUT2D eigenvalue weighted by molar-refractivity contribution is 0.0513. The summed E-state index contributed by atoms with van der Waals surface area (Å²) in [7, 11) is 0. The van der Waals surface area contributed by atoms with E-state index in [9.17, 15) is 27.9 Å². The smallest absolute Gasteiger partial charge is 0.407 e. The summed E-state index contributed by atoms with van der Waals surface area (Å²) >= 11 is 2.35. The number of halogens is 5. The van der Waals surface area contributed by atoms with Crippen LogP contribution in [0.2, 0.25) is 0 Å². The molecule has 5 N–H and O–H groups in total. The molecule has 0 bridgehead atoms. The molecule has 10 nitrogen and oxygen atoms in total. The van der Waals surface area contributed by atoms with E-state index in [0.717, 1.165) is 54.7 Å². The summed E-state index contributed by atoms with van der Waals surface area (Å²) < 4.78 is 62.9. The van der Waals surface area contributed by atoms with Crippen LogP contribution in [0, 0.1) is 35.2 Å². The number of hydrogen-bond acceptors (Lipinski definition) is 8. The number of carbonyl (C=O) groups excluding carboxylic acids is 2. The lowest BCUT2D eigenvalue weighted by atomic mass is 10.1. The van der Waals surface area contributed by atoms with Crippen LogP contribution in [0.15, 0.2) is 54.6 Å². The molecule has 0 heterocycles. The van der Waals surface area contributed by atoms with Gasteiger partial charge < -0.3 is 40.4 Å². The molecule has 360 valence electrons. The molecule has 3 aliphatic rings. The summed E-state index contributed by atoms with van der Waals surface area (Å²) in [6.07, 6.45) is 5.11. The first-order valence-corrected chi connectivity index (χ1v) is 23.8. The van der Waals surface area contributed by atoms with E-state index in [1.807, 2.05) is 27.7 Å². The van der Waals surface area contributed by atoms with Crippen molar-refractivity contribution in [2.45, 2.75) is 130 Å². The predicted octanol–water partition coefficient (Wildman–Crippen LogP) is 12.3. The number of nitrogens with one attached hydrogen (secondary N) is 2. The maximum Gasteiger partial charge on any atom is 0.407 e. The molecule has 3 fully saturated rings. The molecule has 2 amide bonds. The van der Waals surface area contributed by atoms with E-state index in [4.69, 9.17) is 24.7 Å². The summed E-state index contributed by atoms with van der Waals surface area (Å²) in [4.78, 5) is 23.2. The molecular weight excluding hydrogens is 962 g/mol. The number of rotatable bonds is 15. The lowest BCUT2D eigenvalue weighted by Gasteiger charge is -2.19. The molecule has 0 saturated heterocycles. The van der Waals surface area contributed by atoms with E-state index in [2.05, 4.69) is 47.1 Å². The van der Waals surface area contributed by atoms with Crippen molar-refractivity contribution in [2.24, 2.45) is 23.5 Å². The Morgan fingerprint density at radius 3 is 1.38 bits per heavy atom. The first-order valence-electron chi connectivity index (χ1n) is 22.3. The quantitative estimate of drug-likeness (QED) is 0.0871. The summed E-state index contributed by atoms with van der Waals surface area (Å²) in [6.45, 7) is 20.1. The number of alkyl halides is 1. The number of phenols is 1. The first kappa shape index (κ1) is 56.5. The molecule has 0 radical (unpaired) electrons. The van der Waals surface area contributed by atoms with Gasteiger partial charge in [-0.3, -0.25) is 0 Å². The van der Waals surface area contributed by atoms with Crippen LogP contribution in [0.4, 0.5) is 22.8 Å². The second kappa shape index (κ2) is 27.1. The van der Waals surface area contributed by atoms with Gasteiger partial charge in [0.25, 0.3) is 0 Å². The van der Waals surface area contributed by atoms with Crippen LogP contribution in [0.1, 0.15) is 135 Å². The Morgan fingerprint density at radius 1 is 0.656 bits per heavy atom. The molecule has 3 aromatic carbocycles. The van der Waals surface area contributed by atoms with Crippen molar-refractivity contribution in [3.05, 3.63) is 88.7 Å². The fraction of sp³-hybridized carbons (Fsp3) is 0.592. The predicted molar refractivity (Wildman–Crippen MR) is 259 cm³/mol. The highest BCUT2D eigenvalue weighted by molar-refractivity contribution is 14.1. The van der Waals surface area contributed by atoms with Crippen molar-refractivity contribution in [2.75, 3.05) is 37.3 Å². The number of hydrogen-bond donors (Lipinski definition) is 4. The van der Waals surface area contributed by atoms with E-state index < -0.39 is 23.4 Å². The summed E-state index contributed by atoms with van der Waals surface area (Å²) in [5.74, 6) is 2.62. The Bertz CT molecular complexity index is 1900. The number of aromatic hydroxyl groups is 1. The van der Waals surface area contributed by atoms with E-state index in [1.54, 1.807) is 45.0 Å². The van der Waals surface area contributed by atoms with E-state index in [0.29, 0.717) is 56.2 Å². The number of phenolic OH excluding ortho intramolecular Hbond substituents is 1. The van der Waals surface area contributed by atoms with Crippen molar-refractivity contribution < 1.29 is 46.8 Å². The highest BCUT2D eigenvalue weighted by Gasteiger charge is 2.42. The van der Waals surface area contributed by atoms with E-state index in [1.165, 1.54) is 41.2 Å². The third kappa shape index (κ3) is 20.7. The minimum absolute atomic E-state index is 0. The Labute approximate surface area is 399 Å². The number of carbonyl (C=O) groups is 2. The molecule has 3 aliphatic carbocycles. The van der Waals surface area contributed by atoms with Crippen LogP contribution < -0.4 is 25.8 Å². The molecule has 0 aliphatic heterocycles. The molecule has 3 saturated carbocycles. The molecule has 15 heteroatoms. The number of nitrogens with two attached hydrogens (primary N) is 1. The SMILES string of the molecule is CC(C)(C)OC(=O)NCC1CC1c1cc(F)ccc1O.CCCI.CCCOc1ccc(F)cc1C1CC1CN.CCCOc1ccc(F)cc1C1CC1CNC(=O)OC(C)(C)C.Cl. The van der Waals surface area contributed by atoms with Gasteiger partial charge in [0.2, 0.25) is 0 Å². The summed E-state index contributed by atoms with van der Waals surface area (Å²) in [6, 6.07) is 13.4. The molecular formula is C49H72ClF3IN3O7. The average Bonchev–Trinajstić information content (AvgIpc) is 4.11. The Balaban J connectivity index is 0.000000318. The maximum absolute atomic E-state index is 13.5. The minimum Gasteiger partial charge on any atom is -0.508 e. The Kier molecular flexibility index (Phi) is 23.9. The zero-order valence-electron chi connectivity index (χ0n) is 39.0. The monoisotopic (exact) mass is 1030 g/mol. The fourth-order valence-electron chi connectivity index (χ4n) is 6.78. The van der Waals surface area contributed by atoms with Gasteiger partial charge in [-0.1, -0.05) is 43.4 Å². The van der Waals surface area contributed by atoms with Gasteiger partial charge in [0.15, 0.2) is 0 Å². The van der Waals surface area contributed by atoms with Gasteiger partial charge in [-0.05, 0) is 181 Å². The molecule has 64 heavy (non-hydrogen) atoms. The number of alkyl carbamates (subject to hydrolysis) is 2. The first-order chi connectivity index (χ1) is 29.7. The highest BCUT2D eigenvalue weighted by Crippen LogP contribution is 2.52. The van der Waals surface area contributed by atoms with Gasteiger partial charge in [0.1, 0.15) is 45.9 Å². The van der Waals surface area contributed by atoms with Crippen molar-refractivity contribution >= 4 is 47.2 Å². The largest absolute Gasteiger partial charge is 0.508 e. The molecule has 3 aromatic rings. The van der Waals surface area contributed by atoms with Crippen LogP contribution in [0.3, 0.4) is 0 Å². The Morgan fingerprint density at radius 2 is 1.02 bits per heavy atom. The summed E-state index contributed by atoms with van der Waals surface area (Å²) in [5.41, 5.74) is 7.09. The van der Waals surface area contributed by atoms with E-state index in [-0.39, 0.29) is 53.4 Å². The standard InChI is InChI=1S/C18H26FNO3.C15H20FNO3.C13H18FNO.C3H7I.ClH/c1-5-8-22-16-7-6-13(19)10-15(16)14-9-12(14)11-20-17(21)23-18(2,3)4;1-15(2,3)20-14(19)17-8-9-6-11(9)12-7-10(16)4-5-13(12)18;1-2-5-16-13-4-3-10(14)7-12(13)11-6-9(11)8-15;1-2-3-4;/h6-7,10,12,14H,5,8-9,11H2,1-4H3,(H,20,21);4-5,7,9,11,18H,6,8H2,1-3H3,(H,17,19);3-4,7,9,11H,2,5-6,8,15H2,1H3;2-3H2,1H3;1H. The second-order valence-electron chi connectivity index (χ2n) is 18.3. The van der Waals surface area contributed by atoms with Crippen LogP contribution in [-0.2, 0) is 9.47 Å². The Hall–Kier alpha value is -3.63. The molecule has 0 spiro atoms.